The van der Waals surface area contributed by atoms with Crippen molar-refractivity contribution in [2.24, 2.45) is 0 Å². The molecule has 2 aromatic rings. The first-order valence-electron chi connectivity index (χ1n) is 5.91. The fourth-order valence-corrected chi connectivity index (χ4v) is 1.71. The van der Waals surface area contributed by atoms with Crippen LogP contribution in [0.3, 0.4) is 0 Å². The number of aryl methyl sites for hydroxylation is 2. The van der Waals surface area contributed by atoms with E-state index in [1.54, 1.807) is 6.07 Å². The zero-order valence-electron chi connectivity index (χ0n) is 10.4. The number of hydrogen-bond acceptors (Lipinski definition) is 5. The number of nitrogen functional groups attached to an aromatic ring is 2. The number of hydrogen-bond donors (Lipinski definition) is 4. The lowest BCUT2D eigenvalue weighted by Crippen LogP contribution is -2.07. The lowest BCUT2D eigenvalue weighted by atomic mass is 10.1. The Morgan fingerprint density at radius 1 is 1.33 bits per heavy atom. The maximum absolute atomic E-state index is 5.63. The lowest BCUT2D eigenvalue weighted by Gasteiger charge is -2.07. The molecule has 6 nitrogen and oxygen atoms in total. The van der Waals surface area contributed by atoms with E-state index in [9.17, 15) is 0 Å². The molecule has 2 aromatic heterocycles. The summed E-state index contributed by atoms with van der Waals surface area (Å²) in [6.45, 7) is 2.86. The van der Waals surface area contributed by atoms with E-state index >= 15 is 0 Å². The molecule has 18 heavy (non-hydrogen) atoms. The van der Waals surface area contributed by atoms with Crippen LogP contribution in [0.15, 0.2) is 18.3 Å². The second kappa shape index (κ2) is 5.39. The van der Waals surface area contributed by atoms with Crippen LogP contribution in [0.25, 0.3) is 0 Å². The fourth-order valence-electron chi connectivity index (χ4n) is 1.71. The van der Waals surface area contributed by atoms with Crippen molar-refractivity contribution >= 4 is 17.3 Å². The SMILES string of the molecule is Cc1[nH]ncc1CCCNc1ccc(N)c(N)n1. The van der Waals surface area contributed by atoms with Crippen molar-refractivity contribution in [2.45, 2.75) is 19.8 Å². The van der Waals surface area contributed by atoms with Gasteiger partial charge in [-0.1, -0.05) is 0 Å². The Morgan fingerprint density at radius 3 is 2.83 bits per heavy atom. The third-order valence-electron chi connectivity index (χ3n) is 2.82. The average Bonchev–Trinajstić information content (AvgIpc) is 2.75. The fraction of sp³-hybridized carbons (Fsp3) is 0.333. The number of nitrogens with two attached hydrogens (primary N) is 2. The summed E-state index contributed by atoms with van der Waals surface area (Å²) in [7, 11) is 0. The number of rotatable bonds is 5. The van der Waals surface area contributed by atoms with Gasteiger partial charge in [0, 0.05) is 12.2 Å². The molecule has 0 unspecified atom stereocenters. The molecule has 0 saturated carbocycles. The third kappa shape index (κ3) is 2.91. The molecule has 0 aliphatic carbocycles. The van der Waals surface area contributed by atoms with Crippen molar-refractivity contribution in [2.75, 3.05) is 23.3 Å². The van der Waals surface area contributed by atoms with Crippen molar-refractivity contribution < 1.29 is 0 Å². The number of aromatic nitrogens is 3. The molecule has 2 heterocycles. The van der Waals surface area contributed by atoms with Crippen LogP contribution in [0.2, 0.25) is 0 Å². The maximum Gasteiger partial charge on any atom is 0.149 e. The second-order valence-corrected chi connectivity index (χ2v) is 4.22. The molecule has 0 spiro atoms. The molecule has 0 aromatic carbocycles. The molecule has 0 aliphatic heterocycles. The summed E-state index contributed by atoms with van der Waals surface area (Å²) in [5, 5.41) is 10.1. The van der Waals surface area contributed by atoms with E-state index in [-0.39, 0.29) is 0 Å². The molecule has 6 N–H and O–H groups in total. The second-order valence-electron chi connectivity index (χ2n) is 4.22. The Labute approximate surface area is 106 Å². The summed E-state index contributed by atoms with van der Waals surface area (Å²) < 4.78 is 0. The average molecular weight is 246 g/mol. The highest BCUT2D eigenvalue weighted by Crippen LogP contribution is 2.14. The Morgan fingerprint density at radius 2 is 2.17 bits per heavy atom. The third-order valence-corrected chi connectivity index (χ3v) is 2.82. The van der Waals surface area contributed by atoms with Crippen LogP contribution >= 0.6 is 0 Å². The summed E-state index contributed by atoms with van der Waals surface area (Å²) >= 11 is 0. The van der Waals surface area contributed by atoms with E-state index in [0.29, 0.717) is 11.5 Å². The van der Waals surface area contributed by atoms with Gasteiger partial charge in [-0.3, -0.25) is 5.10 Å². The summed E-state index contributed by atoms with van der Waals surface area (Å²) in [6, 6.07) is 3.58. The van der Waals surface area contributed by atoms with E-state index < -0.39 is 0 Å². The van der Waals surface area contributed by atoms with Gasteiger partial charge < -0.3 is 16.8 Å². The van der Waals surface area contributed by atoms with Gasteiger partial charge in [-0.2, -0.15) is 5.10 Å². The Kier molecular flexibility index (Phi) is 3.66. The molecule has 0 bridgehead atoms. The van der Waals surface area contributed by atoms with Gasteiger partial charge in [0.2, 0.25) is 0 Å². The Balaban J connectivity index is 1.78. The molecule has 0 atom stereocenters. The summed E-state index contributed by atoms with van der Waals surface area (Å²) in [6.07, 6.45) is 3.86. The van der Waals surface area contributed by atoms with Crippen molar-refractivity contribution in [1.82, 2.24) is 15.2 Å². The smallest absolute Gasteiger partial charge is 0.149 e. The van der Waals surface area contributed by atoms with Crippen molar-refractivity contribution in [1.29, 1.82) is 0 Å². The monoisotopic (exact) mass is 246 g/mol. The molecular formula is C12H18N6. The van der Waals surface area contributed by atoms with Crippen LogP contribution in [0.5, 0.6) is 0 Å². The molecule has 0 amide bonds. The minimum atomic E-state index is 0.366. The van der Waals surface area contributed by atoms with E-state index in [2.05, 4.69) is 20.5 Å². The number of nitrogens with one attached hydrogen (secondary N) is 2. The van der Waals surface area contributed by atoms with Crippen LogP contribution in [-0.2, 0) is 6.42 Å². The normalized spacial score (nSPS) is 10.5. The highest BCUT2D eigenvalue weighted by atomic mass is 15.1. The van der Waals surface area contributed by atoms with Gasteiger partial charge >= 0.3 is 0 Å². The van der Waals surface area contributed by atoms with Gasteiger partial charge in [0.1, 0.15) is 11.6 Å². The van der Waals surface area contributed by atoms with E-state index in [1.165, 1.54) is 5.56 Å². The minimum Gasteiger partial charge on any atom is -0.396 e. The van der Waals surface area contributed by atoms with E-state index in [1.807, 2.05) is 19.2 Å². The lowest BCUT2D eigenvalue weighted by molar-refractivity contribution is 0.854. The van der Waals surface area contributed by atoms with Crippen molar-refractivity contribution in [3.8, 4) is 0 Å². The molecule has 6 heteroatoms. The van der Waals surface area contributed by atoms with Crippen LogP contribution in [0.4, 0.5) is 17.3 Å². The van der Waals surface area contributed by atoms with Crippen LogP contribution < -0.4 is 16.8 Å². The standard InChI is InChI=1S/C12H18N6/c1-8-9(7-16-18-8)3-2-6-15-11-5-4-10(13)12(14)17-11/h4-5,7H,2-3,6,13H2,1H3,(H,16,18)(H3,14,15,17). The van der Waals surface area contributed by atoms with Gasteiger partial charge in [0.05, 0.1) is 11.9 Å². The predicted molar refractivity (Wildman–Crippen MR) is 73.2 cm³/mol. The number of aromatic amines is 1. The molecule has 2 rings (SSSR count). The molecule has 0 saturated heterocycles. The Hall–Kier alpha value is -2.24. The molecule has 0 fully saturated rings. The van der Waals surface area contributed by atoms with Gasteiger partial charge in [-0.05, 0) is 37.5 Å². The van der Waals surface area contributed by atoms with Crippen LogP contribution in [-0.4, -0.2) is 21.7 Å². The molecule has 0 aliphatic rings. The first kappa shape index (κ1) is 12.2. The number of pyridine rings is 1. The number of nitrogens with zero attached hydrogens (tertiary/aromatic N) is 2. The molecule has 96 valence electrons. The molecular weight excluding hydrogens is 228 g/mol. The highest BCUT2D eigenvalue weighted by molar-refractivity contribution is 5.61. The number of H-pyrrole nitrogens is 1. The topological polar surface area (TPSA) is 106 Å². The minimum absolute atomic E-state index is 0.366. The molecule has 0 radical (unpaired) electrons. The first-order valence-corrected chi connectivity index (χ1v) is 5.91. The zero-order chi connectivity index (χ0) is 13.0. The van der Waals surface area contributed by atoms with Crippen LogP contribution in [0, 0.1) is 6.92 Å². The van der Waals surface area contributed by atoms with Gasteiger partial charge in [0.25, 0.3) is 0 Å². The highest BCUT2D eigenvalue weighted by Gasteiger charge is 2.01. The Bertz CT molecular complexity index is 519. The van der Waals surface area contributed by atoms with E-state index in [0.717, 1.165) is 30.9 Å². The zero-order valence-corrected chi connectivity index (χ0v) is 10.4. The summed E-state index contributed by atoms with van der Waals surface area (Å²) in [4.78, 5) is 4.15. The van der Waals surface area contributed by atoms with Gasteiger partial charge in [-0.15, -0.1) is 0 Å². The largest absolute Gasteiger partial charge is 0.396 e. The summed E-state index contributed by atoms with van der Waals surface area (Å²) in [5.74, 6) is 1.12. The predicted octanol–water partition coefficient (Wildman–Crippen LogP) is 1.32. The number of anilines is 3. The first-order chi connectivity index (χ1) is 8.66. The van der Waals surface area contributed by atoms with Gasteiger partial charge in [0.15, 0.2) is 0 Å². The van der Waals surface area contributed by atoms with Crippen LogP contribution in [0.1, 0.15) is 17.7 Å². The van der Waals surface area contributed by atoms with Crippen molar-refractivity contribution in [3.63, 3.8) is 0 Å². The van der Waals surface area contributed by atoms with Crippen molar-refractivity contribution in [3.05, 3.63) is 29.6 Å². The maximum atomic E-state index is 5.63. The quantitative estimate of drug-likeness (QED) is 0.595. The van der Waals surface area contributed by atoms with Gasteiger partial charge in [-0.25, -0.2) is 4.98 Å². The van der Waals surface area contributed by atoms with E-state index in [4.69, 9.17) is 11.5 Å². The summed E-state index contributed by atoms with van der Waals surface area (Å²) in [5.41, 5.74) is 14.1.